The van der Waals surface area contributed by atoms with Crippen molar-refractivity contribution in [2.45, 2.75) is 46.3 Å². The van der Waals surface area contributed by atoms with Crippen LogP contribution in [0.5, 0.6) is 0 Å². The van der Waals surface area contributed by atoms with Gasteiger partial charge in [-0.1, -0.05) is 6.92 Å². The summed E-state index contributed by atoms with van der Waals surface area (Å²) in [6.07, 6.45) is -2.53. The van der Waals surface area contributed by atoms with Gasteiger partial charge in [0.15, 0.2) is 5.65 Å². The molecule has 3 aromatic heterocycles. The van der Waals surface area contributed by atoms with Crippen molar-refractivity contribution in [3.05, 3.63) is 34.8 Å². The van der Waals surface area contributed by atoms with Crippen molar-refractivity contribution in [3.8, 4) is 10.6 Å². The van der Waals surface area contributed by atoms with E-state index in [0.29, 0.717) is 23.1 Å². The predicted molar refractivity (Wildman–Crippen MR) is 108 cm³/mol. The Hall–Kier alpha value is -2.42. The number of nitrogens with zero attached hydrogens (tertiary/aromatic N) is 4. The maximum atomic E-state index is 13.2. The Morgan fingerprint density at radius 2 is 2.03 bits per heavy atom. The third-order valence-corrected chi connectivity index (χ3v) is 5.45. The predicted octanol–water partition coefficient (Wildman–Crippen LogP) is 5.46. The zero-order chi connectivity index (χ0) is 21.3. The van der Waals surface area contributed by atoms with Crippen LogP contribution in [-0.2, 0) is 0 Å². The number of thiophene rings is 1. The summed E-state index contributed by atoms with van der Waals surface area (Å²) >= 11 is 1.52. The van der Waals surface area contributed by atoms with Gasteiger partial charge in [0.25, 0.3) is 5.91 Å². The molecule has 9 heteroatoms. The second kappa shape index (κ2) is 8.14. The highest BCUT2D eigenvalue weighted by Crippen LogP contribution is 2.31. The summed E-state index contributed by atoms with van der Waals surface area (Å²) < 4.78 is 40.8. The molecule has 0 aromatic carbocycles. The minimum atomic E-state index is -4.47. The van der Waals surface area contributed by atoms with E-state index >= 15 is 0 Å². The van der Waals surface area contributed by atoms with E-state index in [1.54, 1.807) is 17.7 Å². The number of rotatable bonds is 6. The van der Waals surface area contributed by atoms with Gasteiger partial charge < -0.3 is 4.90 Å². The van der Waals surface area contributed by atoms with Gasteiger partial charge in [0.2, 0.25) is 0 Å². The Balaban J connectivity index is 2.17. The summed E-state index contributed by atoms with van der Waals surface area (Å²) in [4.78, 5) is 20.6. The molecule has 3 heterocycles. The van der Waals surface area contributed by atoms with Gasteiger partial charge in [0.1, 0.15) is 6.54 Å². The monoisotopic (exact) mass is 424 g/mol. The Labute approximate surface area is 171 Å². The smallest absolute Gasteiger partial charge is 0.330 e. The van der Waals surface area contributed by atoms with Crippen LogP contribution in [0.1, 0.15) is 48.5 Å². The first-order valence-corrected chi connectivity index (χ1v) is 10.2. The van der Waals surface area contributed by atoms with Gasteiger partial charge >= 0.3 is 6.18 Å². The molecular formula is C20H23F3N4OS. The number of aromatic nitrogens is 3. The lowest BCUT2D eigenvalue weighted by molar-refractivity contribution is -0.140. The normalized spacial score (nSPS) is 12.1. The molecule has 0 aliphatic carbocycles. The minimum Gasteiger partial charge on any atom is -0.330 e. The van der Waals surface area contributed by atoms with Crippen LogP contribution in [0, 0.1) is 6.92 Å². The van der Waals surface area contributed by atoms with Crippen LogP contribution < -0.4 is 0 Å². The lowest BCUT2D eigenvalue weighted by Gasteiger charge is -2.24. The standard InChI is InChI=1S/C20H23F3N4OS/c1-5-8-26(11-20(21,22)23)19(28)14-9-16(17-7-6-13(4)29-17)25-18-15(14)10-24-27(18)12(2)3/h6-7,9-10,12H,5,8,11H2,1-4H3. The average Bonchev–Trinajstić information content (AvgIpc) is 3.25. The molecule has 0 bridgehead atoms. The fourth-order valence-corrected chi connectivity index (χ4v) is 4.01. The van der Waals surface area contributed by atoms with Crippen molar-refractivity contribution >= 4 is 28.3 Å². The number of halogens is 3. The zero-order valence-electron chi connectivity index (χ0n) is 16.7. The highest BCUT2D eigenvalue weighted by molar-refractivity contribution is 7.15. The second-order valence-corrected chi connectivity index (χ2v) is 8.52. The molecule has 3 aromatic rings. The van der Waals surface area contributed by atoms with Crippen molar-refractivity contribution < 1.29 is 18.0 Å². The maximum Gasteiger partial charge on any atom is 0.406 e. The topological polar surface area (TPSA) is 51.0 Å². The summed E-state index contributed by atoms with van der Waals surface area (Å²) in [7, 11) is 0. The molecule has 0 aliphatic heterocycles. The van der Waals surface area contributed by atoms with Crippen LogP contribution in [-0.4, -0.2) is 44.8 Å². The van der Waals surface area contributed by atoms with Gasteiger partial charge in [-0.2, -0.15) is 18.3 Å². The highest BCUT2D eigenvalue weighted by Gasteiger charge is 2.34. The fourth-order valence-electron chi connectivity index (χ4n) is 3.18. The molecule has 3 rings (SSSR count). The molecule has 0 spiro atoms. The van der Waals surface area contributed by atoms with Gasteiger partial charge in [-0.05, 0) is 45.4 Å². The summed E-state index contributed by atoms with van der Waals surface area (Å²) in [5.41, 5.74) is 1.25. The van der Waals surface area contributed by atoms with Gasteiger partial charge in [0.05, 0.1) is 27.7 Å². The third-order valence-electron chi connectivity index (χ3n) is 4.43. The molecular weight excluding hydrogens is 401 g/mol. The first-order valence-electron chi connectivity index (χ1n) is 9.41. The number of alkyl halides is 3. The number of pyridine rings is 1. The van der Waals surface area contributed by atoms with E-state index in [-0.39, 0.29) is 18.2 Å². The van der Waals surface area contributed by atoms with E-state index in [2.05, 4.69) is 10.1 Å². The largest absolute Gasteiger partial charge is 0.406 e. The number of fused-ring (bicyclic) bond motifs is 1. The first-order chi connectivity index (χ1) is 13.6. The van der Waals surface area contributed by atoms with Gasteiger partial charge in [-0.15, -0.1) is 11.3 Å². The first kappa shape index (κ1) is 21.3. The molecule has 156 valence electrons. The van der Waals surface area contributed by atoms with Crippen LogP contribution in [0.2, 0.25) is 0 Å². The third kappa shape index (κ3) is 4.60. The van der Waals surface area contributed by atoms with Crippen molar-refractivity contribution in [1.82, 2.24) is 19.7 Å². The summed E-state index contributed by atoms with van der Waals surface area (Å²) in [5, 5.41) is 4.78. The average molecular weight is 424 g/mol. The number of carbonyl (C=O) groups is 1. The van der Waals surface area contributed by atoms with E-state index in [4.69, 9.17) is 0 Å². The Morgan fingerprint density at radius 1 is 1.31 bits per heavy atom. The van der Waals surface area contributed by atoms with Crippen LogP contribution in [0.25, 0.3) is 21.6 Å². The Morgan fingerprint density at radius 3 is 2.59 bits per heavy atom. The lowest BCUT2D eigenvalue weighted by atomic mass is 10.1. The maximum absolute atomic E-state index is 13.2. The molecule has 0 saturated heterocycles. The van der Waals surface area contributed by atoms with Gasteiger partial charge in [0, 0.05) is 17.5 Å². The Kier molecular flexibility index (Phi) is 5.97. The zero-order valence-corrected chi connectivity index (χ0v) is 17.6. The number of hydrogen-bond acceptors (Lipinski definition) is 4. The molecule has 1 amide bonds. The number of carbonyl (C=O) groups excluding carboxylic acids is 1. The van der Waals surface area contributed by atoms with E-state index in [1.165, 1.54) is 17.5 Å². The number of amides is 1. The Bertz CT molecular complexity index is 1020. The van der Waals surface area contributed by atoms with Gasteiger partial charge in [-0.3, -0.25) is 4.79 Å². The van der Waals surface area contributed by atoms with Crippen molar-refractivity contribution in [1.29, 1.82) is 0 Å². The van der Waals surface area contributed by atoms with E-state index in [1.807, 2.05) is 32.9 Å². The lowest BCUT2D eigenvalue weighted by Crippen LogP contribution is -2.39. The number of aryl methyl sites for hydroxylation is 1. The molecule has 0 atom stereocenters. The van der Waals surface area contributed by atoms with Crippen molar-refractivity contribution in [2.24, 2.45) is 0 Å². The molecule has 29 heavy (non-hydrogen) atoms. The second-order valence-electron chi connectivity index (χ2n) is 7.23. The molecule has 0 saturated carbocycles. The SMILES string of the molecule is CCCN(CC(F)(F)F)C(=O)c1cc(-c2ccc(C)s2)nc2c1cnn2C(C)C. The molecule has 0 fully saturated rings. The molecule has 0 radical (unpaired) electrons. The minimum absolute atomic E-state index is 0.00908. The van der Waals surface area contributed by atoms with Crippen LogP contribution >= 0.6 is 11.3 Å². The summed E-state index contributed by atoms with van der Waals surface area (Å²) in [5.74, 6) is -0.658. The quantitative estimate of drug-likeness (QED) is 0.528. The summed E-state index contributed by atoms with van der Waals surface area (Å²) in [6, 6.07) is 5.42. The summed E-state index contributed by atoms with van der Waals surface area (Å²) in [6.45, 7) is 6.32. The van der Waals surface area contributed by atoms with Gasteiger partial charge in [-0.25, -0.2) is 9.67 Å². The molecule has 0 N–H and O–H groups in total. The number of hydrogen-bond donors (Lipinski definition) is 0. The van der Waals surface area contributed by atoms with Crippen molar-refractivity contribution in [2.75, 3.05) is 13.1 Å². The molecule has 0 aliphatic rings. The van der Waals surface area contributed by atoms with Crippen molar-refractivity contribution in [3.63, 3.8) is 0 Å². The van der Waals surface area contributed by atoms with E-state index in [9.17, 15) is 18.0 Å². The van der Waals surface area contributed by atoms with E-state index < -0.39 is 18.6 Å². The van der Waals surface area contributed by atoms with Crippen LogP contribution in [0.4, 0.5) is 13.2 Å². The highest BCUT2D eigenvalue weighted by atomic mass is 32.1. The van der Waals surface area contributed by atoms with Crippen LogP contribution in [0.3, 0.4) is 0 Å². The molecule has 5 nitrogen and oxygen atoms in total. The van der Waals surface area contributed by atoms with Crippen LogP contribution in [0.15, 0.2) is 24.4 Å². The molecule has 0 unspecified atom stereocenters. The van der Waals surface area contributed by atoms with E-state index in [0.717, 1.165) is 14.7 Å². The fraction of sp³-hybridized carbons (Fsp3) is 0.450.